The Balaban J connectivity index is 1.86. The smallest absolute Gasteiger partial charge is 0.317 e. The summed E-state index contributed by atoms with van der Waals surface area (Å²) in [5, 5.41) is 37.0. The van der Waals surface area contributed by atoms with Crippen molar-refractivity contribution in [2.24, 2.45) is 0 Å². The number of hydrogen-bond donors (Lipinski definition) is 4. The highest BCUT2D eigenvalue weighted by Gasteiger charge is 2.18. The number of carboxylic acids is 4. The molecule has 0 unspecified atom stereocenters. The summed E-state index contributed by atoms with van der Waals surface area (Å²) in [4.78, 5) is 59.5. The molecule has 0 fully saturated rings. The predicted octanol–water partition coefficient (Wildman–Crippen LogP) is 2.28. The second-order valence-electron chi connectivity index (χ2n) is 11.1. The third kappa shape index (κ3) is 13.2. The van der Waals surface area contributed by atoms with Crippen LogP contribution in [-0.2, 0) is 51.8 Å². The standard InChI is InChI=1S/C32H39N5O8/c1-22-10-25(33-27(12-22)16-36(18-29(38)39)19-30(40)41)14-35(9-8-24-6-4-3-5-7-24)15-26-11-23(2)13-28(34-26)17-37(20-31(42)43)21-32(44)45/h3-7,10-13H,8-9,14-21H2,1-2H3,(H,38,39)(H,40,41)(H,42,43)(H,44,45). The molecule has 4 N–H and O–H groups in total. The van der Waals surface area contributed by atoms with Crippen LogP contribution in [0.1, 0.15) is 39.5 Å². The van der Waals surface area contributed by atoms with Crippen LogP contribution >= 0.6 is 0 Å². The third-order valence-electron chi connectivity index (χ3n) is 6.69. The van der Waals surface area contributed by atoms with E-state index in [4.69, 9.17) is 9.97 Å². The molecule has 3 aromatic rings. The van der Waals surface area contributed by atoms with Gasteiger partial charge in [0, 0.05) is 32.7 Å². The molecular formula is C32H39N5O8. The second-order valence-corrected chi connectivity index (χ2v) is 11.1. The average Bonchev–Trinajstić information content (AvgIpc) is 2.90. The number of carbonyl (C=O) groups is 4. The van der Waals surface area contributed by atoms with Gasteiger partial charge < -0.3 is 20.4 Å². The molecule has 0 amide bonds. The number of nitrogens with zero attached hydrogens (tertiary/aromatic N) is 5. The van der Waals surface area contributed by atoms with Crippen molar-refractivity contribution in [1.29, 1.82) is 0 Å². The van der Waals surface area contributed by atoms with Crippen LogP contribution in [0.25, 0.3) is 0 Å². The number of carboxylic acid groups (broad SMARTS) is 4. The monoisotopic (exact) mass is 621 g/mol. The first-order chi connectivity index (χ1) is 21.3. The lowest BCUT2D eigenvalue weighted by molar-refractivity contribution is -0.144. The Bertz CT molecular complexity index is 1360. The van der Waals surface area contributed by atoms with Crippen LogP contribution < -0.4 is 0 Å². The van der Waals surface area contributed by atoms with E-state index < -0.39 is 50.1 Å². The van der Waals surface area contributed by atoms with Gasteiger partial charge in [0.15, 0.2) is 0 Å². The van der Waals surface area contributed by atoms with Gasteiger partial charge in [0.2, 0.25) is 0 Å². The van der Waals surface area contributed by atoms with Crippen molar-refractivity contribution in [3.8, 4) is 0 Å². The zero-order chi connectivity index (χ0) is 32.9. The molecule has 0 aliphatic carbocycles. The fraction of sp³-hybridized carbons (Fsp3) is 0.375. The van der Waals surface area contributed by atoms with Gasteiger partial charge in [0.1, 0.15) is 0 Å². The second kappa shape index (κ2) is 16.9. The molecule has 1 aromatic carbocycles. The van der Waals surface area contributed by atoms with Crippen molar-refractivity contribution < 1.29 is 39.6 Å². The van der Waals surface area contributed by atoms with Gasteiger partial charge in [0.05, 0.1) is 49.0 Å². The third-order valence-corrected chi connectivity index (χ3v) is 6.69. The van der Waals surface area contributed by atoms with Crippen LogP contribution in [0.3, 0.4) is 0 Å². The molecule has 3 rings (SSSR count). The van der Waals surface area contributed by atoms with Crippen LogP contribution in [0.2, 0.25) is 0 Å². The number of pyridine rings is 2. The molecule has 13 nitrogen and oxygen atoms in total. The first-order valence-electron chi connectivity index (χ1n) is 14.4. The molecule has 13 heteroatoms. The van der Waals surface area contributed by atoms with Gasteiger partial charge in [-0.1, -0.05) is 30.3 Å². The van der Waals surface area contributed by atoms with E-state index in [9.17, 15) is 39.6 Å². The molecular weight excluding hydrogens is 582 g/mol. The lowest BCUT2D eigenvalue weighted by Crippen LogP contribution is -2.34. The maximum absolute atomic E-state index is 11.3. The van der Waals surface area contributed by atoms with Gasteiger partial charge in [-0.2, -0.15) is 0 Å². The fourth-order valence-electron chi connectivity index (χ4n) is 5.12. The maximum Gasteiger partial charge on any atom is 0.317 e. The summed E-state index contributed by atoms with van der Waals surface area (Å²) >= 11 is 0. The van der Waals surface area contributed by atoms with E-state index in [0.717, 1.165) is 34.5 Å². The zero-order valence-corrected chi connectivity index (χ0v) is 25.4. The Hall–Kier alpha value is -4.72. The van der Waals surface area contributed by atoms with Gasteiger partial charge in [0.25, 0.3) is 0 Å². The SMILES string of the molecule is Cc1cc(CN(CC(=O)O)CC(=O)O)nc(CN(CCc2ccccc2)Cc2cc(C)cc(CN(CC(=O)O)CC(=O)O)n2)c1. The molecule has 2 aromatic heterocycles. The maximum atomic E-state index is 11.3. The first-order valence-corrected chi connectivity index (χ1v) is 14.4. The number of aliphatic carboxylic acids is 4. The van der Waals surface area contributed by atoms with E-state index in [1.165, 1.54) is 9.80 Å². The molecule has 240 valence electrons. The van der Waals surface area contributed by atoms with Crippen molar-refractivity contribution in [2.45, 2.75) is 46.4 Å². The molecule has 0 saturated heterocycles. The number of benzene rings is 1. The van der Waals surface area contributed by atoms with Crippen LogP contribution in [0.5, 0.6) is 0 Å². The van der Waals surface area contributed by atoms with E-state index in [2.05, 4.69) is 4.90 Å². The van der Waals surface area contributed by atoms with Crippen molar-refractivity contribution in [2.75, 3.05) is 32.7 Å². The molecule has 0 radical (unpaired) electrons. The summed E-state index contributed by atoms with van der Waals surface area (Å²) in [5.41, 5.74) is 5.52. The van der Waals surface area contributed by atoms with Gasteiger partial charge in [-0.05, 0) is 61.2 Å². The Morgan fingerprint density at radius 3 is 1.22 bits per heavy atom. The predicted molar refractivity (Wildman–Crippen MR) is 163 cm³/mol. The van der Waals surface area contributed by atoms with Gasteiger partial charge in [-0.3, -0.25) is 43.8 Å². The topological polar surface area (TPSA) is 185 Å². The summed E-state index contributed by atoms with van der Waals surface area (Å²) in [7, 11) is 0. The fourth-order valence-corrected chi connectivity index (χ4v) is 5.12. The van der Waals surface area contributed by atoms with Crippen LogP contribution in [-0.4, -0.2) is 102 Å². The normalized spacial score (nSPS) is 11.3. The number of aryl methyl sites for hydroxylation is 2. The van der Waals surface area contributed by atoms with E-state index >= 15 is 0 Å². The minimum absolute atomic E-state index is 0.0588. The molecule has 2 heterocycles. The lowest BCUT2D eigenvalue weighted by Gasteiger charge is -2.24. The van der Waals surface area contributed by atoms with Crippen LogP contribution in [0.4, 0.5) is 0 Å². The quantitative estimate of drug-likeness (QED) is 0.153. The Labute approximate surface area is 261 Å². The van der Waals surface area contributed by atoms with Crippen LogP contribution in [0.15, 0.2) is 54.6 Å². The highest BCUT2D eigenvalue weighted by atomic mass is 16.4. The van der Waals surface area contributed by atoms with Crippen molar-refractivity contribution in [3.05, 3.63) is 94.1 Å². The Kier molecular flexibility index (Phi) is 13.1. The summed E-state index contributed by atoms with van der Waals surface area (Å²) in [6.07, 6.45) is 0.744. The first kappa shape index (κ1) is 34.8. The van der Waals surface area contributed by atoms with Crippen molar-refractivity contribution in [3.63, 3.8) is 0 Å². The number of rotatable bonds is 19. The highest BCUT2D eigenvalue weighted by molar-refractivity contribution is 5.73. The van der Waals surface area contributed by atoms with E-state index in [1.54, 1.807) is 0 Å². The summed E-state index contributed by atoms with van der Waals surface area (Å²) < 4.78 is 0. The summed E-state index contributed by atoms with van der Waals surface area (Å²) in [6.45, 7) is 3.68. The molecule has 0 aliphatic rings. The Morgan fingerprint density at radius 2 is 0.889 bits per heavy atom. The minimum atomic E-state index is -1.13. The average molecular weight is 622 g/mol. The molecule has 0 saturated carbocycles. The zero-order valence-electron chi connectivity index (χ0n) is 25.4. The number of hydrogen-bond acceptors (Lipinski definition) is 9. The number of aromatic nitrogens is 2. The van der Waals surface area contributed by atoms with Crippen LogP contribution in [0, 0.1) is 13.8 Å². The molecule has 0 atom stereocenters. The molecule has 45 heavy (non-hydrogen) atoms. The van der Waals surface area contributed by atoms with E-state index in [0.29, 0.717) is 31.0 Å². The molecule has 0 spiro atoms. The highest BCUT2D eigenvalue weighted by Crippen LogP contribution is 2.16. The van der Waals surface area contributed by atoms with E-state index in [1.807, 2.05) is 68.4 Å². The summed E-state index contributed by atoms with van der Waals surface area (Å²) in [5.74, 6) is -4.52. The van der Waals surface area contributed by atoms with Gasteiger partial charge in [-0.15, -0.1) is 0 Å². The molecule has 0 aliphatic heterocycles. The Morgan fingerprint density at radius 1 is 0.556 bits per heavy atom. The van der Waals surface area contributed by atoms with Gasteiger partial charge in [-0.25, -0.2) is 0 Å². The molecule has 0 bridgehead atoms. The van der Waals surface area contributed by atoms with Gasteiger partial charge >= 0.3 is 23.9 Å². The van der Waals surface area contributed by atoms with E-state index in [-0.39, 0.29) is 13.1 Å². The van der Waals surface area contributed by atoms with Crippen molar-refractivity contribution >= 4 is 23.9 Å². The van der Waals surface area contributed by atoms with Crippen molar-refractivity contribution in [1.82, 2.24) is 24.7 Å². The minimum Gasteiger partial charge on any atom is -0.480 e. The largest absolute Gasteiger partial charge is 0.480 e. The lowest BCUT2D eigenvalue weighted by atomic mass is 10.1. The summed E-state index contributed by atoms with van der Waals surface area (Å²) in [6, 6.07) is 17.5.